The lowest BCUT2D eigenvalue weighted by atomic mass is 10.1. The van der Waals surface area contributed by atoms with Crippen LogP contribution in [0.2, 0.25) is 0 Å². The summed E-state index contributed by atoms with van der Waals surface area (Å²) in [6.07, 6.45) is 1.58. The predicted molar refractivity (Wildman–Crippen MR) is 76.7 cm³/mol. The number of rotatable bonds is 4. The number of benzene rings is 1. The molecule has 1 heterocycles. The molecule has 0 unspecified atom stereocenters. The van der Waals surface area contributed by atoms with Gasteiger partial charge in [0, 0.05) is 0 Å². The second-order valence-corrected chi connectivity index (χ2v) is 5.47. The highest BCUT2D eigenvalue weighted by atomic mass is 16.5. The fourth-order valence-electron chi connectivity index (χ4n) is 1.75. The van der Waals surface area contributed by atoms with Crippen molar-refractivity contribution in [3.8, 4) is 5.75 Å². The van der Waals surface area contributed by atoms with Crippen molar-refractivity contribution in [3.63, 3.8) is 0 Å². The Bertz CT molecular complexity index is 568. The van der Waals surface area contributed by atoms with Crippen LogP contribution in [0.1, 0.15) is 36.9 Å². The fraction of sp³-hybridized carbons (Fsp3) is 0.312. The Morgan fingerprint density at radius 3 is 2.60 bits per heavy atom. The average molecular weight is 273 g/mol. The van der Waals surface area contributed by atoms with Crippen molar-refractivity contribution < 1.29 is 13.9 Å². The summed E-state index contributed by atoms with van der Waals surface area (Å²) in [5, 5.41) is 2.81. The molecule has 0 aliphatic carbocycles. The lowest BCUT2D eigenvalue weighted by Crippen LogP contribution is -2.27. The van der Waals surface area contributed by atoms with Gasteiger partial charge in [-0.1, -0.05) is 12.1 Å². The molecule has 1 amide bonds. The van der Waals surface area contributed by atoms with E-state index in [1.54, 1.807) is 24.5 Å². The number of nitrogens with one attached hydrogen (secondary N) is 1. The van der Waals surface area contributed by atoms with Crippen LogP contribution in [0.5, 0.6) is 5.75 Å². The first-order chi connectivity index (χ1) is 9.46. The molecule has 20 heavy (non-hydrogen) atoms. The van der Waals surface area contributed by atoms with Gasteiger partial charge in [0.25, 0.3) is 5.91 Å². The van der Waals surface area contributed by atoms with Gasteiger partial charge in [-0.3, -0.25) is 4.79 Å². The zero-order chi connectivity index (χ0) is 14.6. The summed E-state index contributed by atoms with van der Waals surface area (Å²) in [5.74, 6) is 1.12. The third kappa shape index (κ3) is 3.88. The second-order valence-electron chi connectivity index (χ2n) is 5.47. The summed E-state index contributed by atoms with van der Waals surface area (Å²) in [6.45, 7) is 6.20. The first-order valence-electron chi connectivity index (χ1n) is 6.54. The van der Waals surface area contributed by atoms with E-state index in [9.17, 15) is 4.79 Å². The van der Waals surface area contributed by atoms with Gasteiger partial charge in [-0.2, -0.15) is 0 Å². The first kappa shape index (κ1) is 14.2. The molecule has 4 nitrogen and oxygen atoms in total. The van der Waals surface area contributed by atoms with Crippen LogP contribution in [0, 0.1) is 0 Å². The van der Waals surface area contributed by atoms with Gasteiger partial charge in [-0.15, -0.1) is 0 Å². The molecule has 0 saturated carbocycles. The molecule has 0 fully saturated rings. The van der Waals surface area contributed by atoms with Crippen molar-refractivity contribution in [3.05, 3.63) is 54.0 Å². The van der Waals surface area contributed by atoms with Crippen molar-refractivity contribution in [2.24, 2.45) is 0 Å². The fourth-order valence-corrected chi connectivity index (χ4v) is 1.75. The van der Waals surface area contributed by atoms with Gasteiger partial charge in [0.1, 0.15) is 17.1 Å². The van der Waals surface area contributed by atoms with Gasteiger partial charge < -0.3 is 14.5 Å². The number of ether oxygens (including phenoxy) is 1. The highest BCUT2D eigenvalue weighted by molar-refractivity contribution is 5.96. The van der Waals surface area contributed by atoms with E-state index in [2.05, 4.69) is 5.32 Å². The van der Waals surface area contributed by atoms with Gasteiger partial charge in [0.15, 0.2) is 0 Å². The molecular weight excluding hydrogens is 254 g/mol. The van der Waals surface area contributed by atoms with E-state index < -0.39 is 0 Å². The number of amides is 1. The van der Waals surface area contributed by atoms with E-state index in [4.69, 9.17) is 9.15 Å². The van der Waals surface area contributed by atoms with Crippen LogP contribution in [0.25, 0.3) is 0 Å². The van der Waals surface area contributed by atoms with Gasteiger partial charge in [0.05, 0.1) is 18.4 Å². The highest BCUT2D eigenvalue weighted by Gasteiger charge is 2.17. The summed E-state index contributed by atoms with van der Waals surface area (Å²) in [6, 6.07) is 10.8. The van der Waals surface area contributed by atoms with Crippen LogP contribution in [0.4, 0.5) is 0 Å². The molecule has 1 N–H and O–H groups in total. The first-order valence-corrected chi connectivity index (χ1v) is 6.54. The molecule has 2 rings (SSSR count). The molecule has 1 aromatic heterocycles. The minimum absolute atomic E-state index is 0.179. The molecule has 0 radical (unpaired) electrons. The summed E-state index contributed by atoms with van der Waals surface area (Å²) in [5.41, 5.74) is 0.172. The maximum absolute atomic E-state index is 12.2. The van der Waals surface area contributed by atoms with E-state index in [1.165, 1.54) is 0 Å². The van der Waals surface area contributed by atoms with Crippen molar-refractivity contribution in [1.29, 1.82) is 0 Å². The Labute approximate surface area is 118 Å². The zero-order valence-corrected chi connectivity index (χ0v) is 12.0. The molecule has 2 aromatic rings. The Hall–Kier alpha value is -2.23. The smallest absolute Gasteiger partial charge is 0.255 e. The van der Waals surface area contributed by atoms with Gasteiger partial charge in [-0.25, -0.2) is 0 Å². The van der Waals surface area contributed by atoms with E-state index in [0.717, 1.165) is 0 Å². The second kappa shape index (κ2) is 5.82. The molecule has 0 atom stereocenters. The lowest BCUT2D eigenvalue weighted by Gasteiger charge is -2.22. The zero-order valence-electron chi connectivity index (χ0n) is 12.0. The number of para-hydroxylation sites is 1. The topological polar surface area (TPSA) is 51.5 Å². The number of hydrogen-bond donors (Lipinski definition) is 1. The third-order valence-electron chi connectivity index (χ3n) is 2.55. The van der Waals surface area contributed by atoms with Crippen molar-refractivity contribution in [2.75, 3.05) is 0 Å². The van der Waals surface area contributed by atoms with E-state index in [0.29, 0.717) is 23.6 Å². The molecule has 1 aromatic carbocycles. The molecule has 0 saturated heterocycles. The average Bonchev–Trinajstić information content (AvgIpc) is 2.88. The van der Waals surface area contributed by atoms with E-state index in [1.807, 2.05) is 39.0 Å². The van der Waals surface area contributed by atoms with Crippen LogP contribution in [-0.4, -0.2) is 11.5 Å². The van der Waals surface area contributed by atoms with Crippen LogP contribution in [0.3, 0.4) is 0 Å². The van der Waals surface area contributed by atoms with Gasteiger partial charge in [-0.05, 0) is 45.0 Å². The standard InChI is InChI=1S/C16H19NO3/c1-16(2,3)20-14-9-5-4-8-13(14)15(18)17-11-12-7-6-10-19-12/h4-10H,11H2,1-3H3,(H,17,18). The van der Waals surface area contributed by atoms with Crippen LogP contribution in [-0.2, 0) is 6.54 Å². The minimum atomic E-state index is -0.350. The summed E-state index contributed by atoms with van der Waals surface area (Å²) in [4.78, 5) is 12.2. The quantitative estimate of drug-likeness (QED) is 0.929. The number of furan rings is 1. The van der Waals surface area contributed by atoms with Crippen LogP contribution < -0.4 is 10.1 Å². The predicted octanol–water partition coefficient (Wildman–Crippen LogP) is 3.39. The Kier molecular flexibility index (Phi) is 4.13. The minimum Gasteiger partial charge on any atom is -0.487 e. The molecule has 0 bridgehead atoms. The number of hydrogen-bond acceptors (Lipinski definition) is 3. The molecule has 0 aliphatic heterocycles. The summed E-state index contributed by atoms with van der Waals surface area (Å²) in [7, 11) is 0. The Morgan fingerprint density at radius 2 is 1.95 bits per heavy atom. The monoisotopic (exact) mass is 273 g/mol. The third-order valence-corrected chi connectivity index (χ3v) is 2.55. The molecule has 106 valence electrons. The van der Waals surface area contributed by atoms with E-state index >= 15 is 0 Å². The summed E-state index contributed by atoms with van der Waals surface area (Å²) >= 11 is 0. The molecule has 4 heteroatoms. The Balaban J connectivity index is 2.09. The summed E-state index contributed by atoms with van der Waals surface area (Å²) < 4.78 is 11.0. The normalized spacial score (nSPS) is 11.2. The number of carbonyl (C=O) groups is 1. The number of carbonyl (C=O) groups excluding carboxylic acids is 1. The maximum Gasteiger partial charge on any atom is 0.255 e. The van der Waals surface area contributed by atoms with E-state index in [-0.39, 0.29) is 11.5 Å². The Morgan fingerprint density at radius 1 is 1.20 bits per heavy atom. The molecule has 0 spiro atoms. The van der Waals surface area contributed by atoms with Crippen molar-refractivity contribution in [1.82, 2.24) is 5.32 Å². The van der Waals surface area contributed by atoms with Gasteiger partial charge in [0.2, 0.25) is 0 Å². The van der Waals surface area contributed by atoms with Crippen molar-refractivity contribution in [2.45, 2.75) is 32.9 Å². The van der Waals surface area contributed by atoms with Crippen LogP contribution in [0.15, 0.2) is 47.1 Å². The van der Waals surface area contributed by atoms with Crippen molar-refractivity contribution >= 4 is 5.91 Å². The molecular formula is C16H19NO3. The van der Waals surface area contributed by atoms with Crippen LogP contribution >= 0.6 is 0 Å². The highest BCUT2D eigenvalue weighted by Crippen LogP contribution is 2.22. The largest absolute Gasteiger partial charge is 0.487 e. The van der Waals surface area contributed by atoms with Gasteiger partial charge >= 0.3 is 0 Å². The molecule has 0 aliphatic rings. The lowest BCUT2D eigenvalue weighted by molar-refractivity contribution is 0.0927. The SMILES string of the molecule is CC(C)(C)Oc1ccccc1C(=O)NCc1ccco1. The maximum atomic E-state index is 12.2.